The summed E-state index contributed by atoms with van der Waals surface area (Å²) in [5.41, 5.74) is 2.10. The van der Waals surface area contributed by atoms with Crippen LogP contribution in [0.25, 0.3) is 0 Å². The average Bonchev–Trinajstić information content (AvgIpc) is 2.82. The Morgan fingerprint density at radius 2 is 1.51 bits per heavy atom. The molecule has 3 rings (SSSR count). The van der Waals surface area contributed by atoms with Crippen molar-refractivity contribution in [3.05, 3.63) is 89.5 Å². The predicted molar refractivity (Wildman–Crippen MR) is 151 cm³/mol. The van der Waals surface area contributed by atoms with Crippen LogP contribution in [0.4, 0.5) is 20.2 Å². The van der Waals surface area contributed by atoms with E-state index in [4.69, 9.17) is 9.16 Å². The summed E-state index contributed by atoms with van der Waals surface area (Å²) in [7, 11) is -1.94. The van der Waals surface area contributed by atoms with Crippen LogP contribution < -0.4 is 10.1 Å². The second-order valence-corrected chi connectivity index (χ2v) is 16.2. The van der Waals surface area contributed by atoms with E-state index in [0.29, 0.717) is 29.3 Å². The summed E-state index contributed by atoms with van der Waals surface area (Å²) in [5.74, 6) is 6.12. The average molecular weight is 522 g/mol. The standard InChI is InChI=1S/C31H37F2NO2Si/c1-30(2,3)37(6,7)36-22-31(4,5)18-17-27-28(34-26-15-13-24(32)14-16-26)19-25(33)20-29(27)35-21-23-11-9-8-10-12-23/h8-16,19-20,34H,21-22H2,1-7H3. The number of benzene rings is 3. The molecule has 0 atom stereocenters. The second-order valence-electron chi connectivity index (χ2n) is 11.4. The van der Waals surface area contributed by atoms with E-state index in [2.05, 4.69) is 51.0 Å². The van der Waals surface area contributed by atoms with Crippen LogP contribution >= 0.6 is 0 Å². The van der Waals surface area contributed by atoms with Gasteiger partial charge in [-0.25, -0.2) is 8.78 Å². The summed E-state index contributed by atoms with van der Waals surface area (Å²) in [6.07, 6.45) is 0. The number of hydrogen-bond acceptors (Lipinski definition) is 3. The van der Waals surface area contributed by atoms with E-state index >= 15 is 0 Å². The number of nitrogens with one attached hydrogen (secondary N) is 1. The van der Waals surface area contributed by atoms with E-state index in [-0.39, 0.29) is 17.5 Å². The van der Waals surface area contributed by atoms with Crippen LogP contribution in [0.5, 0.6) is 5.75 Å². The van der Waals surface area contributed by atoms with E-state index in [9.17, 15) is 8.78 Å². The molecule has 0 saturated carbocycles. The SMILES string of the molecule is CC(C)(C#Cc1c(Nc2ccc(F)cc2)cc(F)cc1OCc1ccccc1)CO[Si](C)(C)C(C)(C)C. The maximum absolute atomic E-state index is 14.7. The maximum Gasteiger partial charge on any atom is 0.192 e. The van der Waals surface area contributed by atoms with Gasteiger partial charge in [0.2, 0.25) is 0 Å². The van der Waals surface area contributed by atoms with E-state index in [1.54, 1.807) is 12.1 Å². The number of rotatable bonds is 8. The van der Waals surface area contributed by atoms with Crippen molar-refractivity contribution in [3.8, 4) is 17.6 Å². The predicted octanol–water partition coefficient (Wildman–Crippen LogP) is 8.69. The van der Waals surface area contributed by atoms with Crippen molar-refractivity contribution in [1.82, 2.24) is 0 Å². The van der Waals surface area contributed by atoms with Crippen LogP contribution in [-0.2, 0) is 11.0 Å². The summed E-state index contributed by atoms with van der Waals surface area (Å²) in [6, 6.07) is 18.3. The second kappa shape index (κ2) is 11.5. The van der Waals surface area contributed by atoms with Crippen molar-refractivity contribution in [2.24, 2.45) is 5.41 Å². The van der Waals surface area contributed by atoms with Crippen molar-refractivity contribution in [3.63, 3.8) is 0 Å². The normalized spacial score (nSPS) is 12.0. The lowest BCUT2D eigenvalue weighted by Crippen LogP contribution is -2.42. The van der Waals surface area contributed by atoms with Crippen molar-refractivity contribution >= 4 is 19.7 Å². The first-order chi connectivity index (χ1) is 17.3. The monoisotopic (exact) mass is 521 g/mol. The maximum atomic E-state index is 14.7. The fourth-order valence-electron chi connectivity index (χ4n) is 3.19. The minimum atomic E-state index is -1.94. The minimum absolute atomic E-state index is 0.0954. The lowest BCUT2D eigenvalue weighted by Gasteiger charge is -2.38. The van der Waals surface area contributed by atoms with Gasteiger partial charge in [0, 0.05) is 23.8 Å². The quantitative estimate of drug-likeness (QED) is 0.238. The molecule has 37 heavy (non-hydrogen) atoms. The third kappa shape index (κ3) is 8.18. The van der Waals surface area contributed by atoms with Crippen LogP contribution in [0.15, 0.2) is 66.7 Å². The summed E-state index contributed by atoms with van der Waals surface area (Å²) >= 11 is 0. The van der Waals surface area contributed by atoms with Gasteiger partial charge in [-0.15, -0.1) is 0 Å². The number of ether oxygens (including phenoxy) is 1. The molecule has 1 N–H and O–H groups in total. The number of halogens is 2. The molecule has 0 bridgehead atoms. The van der Waals surface area contributed by atoms with E-state index < -0.39 is 19.5 Å². The highest BCUT2D eigenvalue weighted by Gasteiger charge is 2.38. The van der Waals surface area contributed by atoms with Crippen LogP contribution in [-0.4, -0.2) is 14.9 Å². The zero-order valence-electron chi connectivity index (χ0n) is 22.8. The molecule has 0 aliphatic rings. The van der Waals surface area contributed by atoms with Crippen LogP contribution in [0.2, 0.25) is 18.1 Å². The van der Waals surface area contributed by atoms with Gasteiger partial charge in [0.25, 0.3) is 0 Å². The molecule has 0 spiro atoms. The zero-order chi connectivity index (χ0) is 27.3. The van der Waals surface area contributed by atoms with Crippen molar-refractivity contribution in [2.75, 3.05) is 11.9 Å². The number of hydrogen-bond donors (Lipinski definition) is 1. The summed E-state index contributed by atoms with van der Waals surface area (Å²) < 4.78 is 40.6. The smallest absolute Gasteiger partial charge is 0.192 e. The van der Waals surface area contributed by atoms with Gasteiger partial charge in [-0.2, -0.15) is 0 Å². The number of anilines is 2. The molecule has 0 unspecified atom stereocenters. The summed E-state index contributed by atoms with van der Waals surface area (Å²) in [4.78, 5) is 0. The first-order valence-electron chi connectivity index (χ1n) is 12.5. The molecule has 0 heterocycles. The molecule has 6 heteroatoms. The van der Waals surface area contributed by atoms with Crippen molar-refractivity contribution in [1.29, 1.82) is 0 Å². The molecule has 0 fully saturated rings. The Morgan fingerprint density at radius 3 is 2.14 bits per heavy atom. The highest BCUT2D eigenvalue weighted by Crippen LogP contribution is 2.38. The van der Waals surface area contributed by atoms with E-state index in [0.717, 1.165) is 5.56 Å². The van der Waals surface area contributed by atoms with Crippen LogP contribution in [0, 0.1) is 28.9 Å². The van der Waals surface area contributed by atoms with Crippen LogP contribution in [0.1, 0.15) is 45.7 Å². The molecular weight excluding hydrogens is 484 g/mol. The zero-order valence-corrected chi connectivity index (χ0v) is 23.8. The van der Waals surface area contributed by atoms with Gasteiger partial charge < -0.3 is 14.5 Å². The molecule has 3 nitrogen and oxygen atoms in total. The highest BCUT2D eigenvalue weighted by molar-refractivity contribution is 6.74. The van der Waals surface area contributed by atoms with Gasteiger partial charge >= 0.3 is 0 Å². The van der Waals surface area contributed by atoms with Gasteiger partial charge in [-0.05, 0) is 67.9 Å². The molecular formula is C31H37F2NO2Si. The fourth-order valence-corrected chi connectivity index (χ4v) is 4.35. The van der Waals surface area contributed by atoms with Gasteiger partial charge in [-0.3, -0.25) is 0 Å². The first-order valence-corrected chi connectivity index (χ1v) is 15.4. The molecule has 3 aromatic rings. The Labute approximate surface area is 221 Å². The molecule has 196 valence electrons. The Balaban J connectivity index is 1.96. The molecule has 0 radical (unpaired) electrons. The Kier molecular flexibility index (Phi) is 8.83. The Hall–Kier alpha value is -3.14. The molecule has 3 aromatic carbocycles. The fraction of sp³-hybridized carbons (Fsp3) is 0.355. The molecule has 0 saturated heterocycles. The lowest BCUT2D eigenvalue weighted by atomic mass is 9.95. The van der Waals surface area contributed by atoms with Crippen LogP contribution in [0.3, 0.4) is 0 Å². The Bertz CT molecular complexity index is 1250. The third-order valence-electron chi connectivity index (χ3n) is 6.55. The molecule has 0 aliphatic heterocycles. The van der Waals surface area contributed by atoms with E-state index in [1.165, 1.54) is 24.3 Å². The van der Waals surface area contributed by atoms with Gasteiger partial charge in [0.05, 0.1) is 11.3 Å². The van der Waals surface area contributed by atoms with Gasteiger partial charge in [-0.1, -0.05) is 62.9 Å². The largest absolute Gasteiger partial charge is 0.487 e. The minimum Gasteiger partial charge on any atom is -0.487 e. The third-order valence-corrected chi connectivity index (χ3v) is 11.0. The molecule has 0 aromatic heterocycles. The van der Waals surface area contributed by atoms with Crippen molar-refractivity contribution < 1.29 is 17.9 Å². The van der Waals surface area contributed by atoms with E-state index in [1.807, 2.05) is 44.2 Å². The van der Waals surface area contributed by atoms with Gasteiger partial charge in [0.1, 0.15) is 24.0 Å². The topological polar surface area (TPSA) is 30.5 Å². The first kappa shape index (κ1) is 28.4. The highest BCUT2D eigenvalue weighted by atomic mass is 28.4. The molecule has 0 aliphatic carbocycles. The summed E-state index contributed by atoms with van der Waals surface area (Å²) in [6.45, 7) is 15.9. The molecule has 0 amide bonds. The van der Waals surface area contributed by atoms with Crippen molar-refractivity contribution in [2.45, 2.75) is 59.4 Å². The Morgan fingerprint density at radius 1 is 0.865 bits per heavy atom. The summed E-state index contributed by atoms with van der Waals surface area (Å²) in [5, 5.41) is 3.27. The van der Waals surface area contributed by atoms with Gasteiger partial charge in [0.15, 0.2) is 8.32 Å². The lowest BCUT2D eigenvalue weighted by molar-refractivity contribution is 0.209.